The van der Waals surface area contributed by atoms with Crippen LogP contribution in [0, 0.1) is 10.8 Å². The van der Waals surface area contributed by atoms with Crippen LogP contribution in [-0.4, -0.2) is 51.0 Å². The van der Waals surface area contributed by atoms with E-state index in [4.69, 9.17) is 4.89 Å². The van der Waals surface area contributed by atoms with E-state index in [9.17, 15) is 24.9 Å². The Bertz CT molecular complexity index is 765. The third-order valence-corrected chi connectivity index (χ3v) is 7.11. The largest absolute Gasteiger partial charge is 0.392 e. The van der Waals surface area contributed by atoms with Gasteiger partial charge in [-0.1, -0.05) is 31.1 Å². The molecule has 5 atom stereocenters. The third kappa shape index (κ3) is 2.96. The Morgan fingerprint density at radius 3 is 2.50 bits per heavy atom. The molecule has 156 valence electrons. The molecule has 1 fully saturated rings. The van der Waals surface area contributed by atoms with Crippen LogP contribution in [0.2, 0.25) is 0 Å². The molecule has 7 nitrogen and oxygen atoms in total. The number of Topliss-reactive ketones (excluding diaryl/α,β-unsaturated/α-hetero) is 1. The lowest BCUT2D eigenvalue weighted by molar-refractivity contribution is -0.303. The van der Waals surface area contributed by atoms with Crippen LogP contribution in [0.1, 0.15) is 60.3 Å². The molecule has 1 saturated carbocycles. The van der Waals surface area contributed by atoms with Crippen molar-refractivity contribution >= 4 is 11.8 Å². The first-order chi connectivity index (χ1) is 12.8. The van der Waals surface area contributed by atoms with Gasteiger partial charge in [-0.05, 0) is 32.3 Å². The van der Waals surface area contributed by atoms with Gasteiger partial charge in [-0.25, -0.2) is 4.79 Å². The van der Waals surface area contributed by atoms with Crippen LogP contribution in [0.3, 0.4) is 0 Å². The van der Waals surface area contributed by atoms with E-state index < -0.39 is 46.5 Å². The van der Waals surface area contributed by atoms with Gasteiger partial charge in [0.05, 0.1) is 17.1 Å². The number of fused-ring (bicyclic) bond motifs is 3. The van der Waals surface area contributed by atoms with Crippen LogP contribution >= 0.6 is 0 Å². The number of allylic oxidation sites excluding steroid dienone is 1. The van der Waals surface area contributed by atoms with Crippen LogP contribution in [0.4, 0.5) is 0 Å². The minimum absolute atomic E-state index is 0.0689. The molecule has 1 unspecified atom stereocenters. The number of ketones is 1. The van der Waals surface area contributed by atoms with Gasteiger partial charge in [0.1, 0.15) is 12.2 Å². The molecule has 0 aromatic carbocycles. The average molecular weight is 394 g/mol. The van der Waals surface area contributed by atoms with Crippen LogP contribution < -0.4 is 0 Å². The highest BCUT2D eigenvalue weighted by Gasteiger charge is 2.59. The Morgan fingerprint density at radius 1 is 1.25 bits per heavy atom. The molecule has 3 aliphatic carbocycles. The molecule has 0 spiro atoms. The van der Waals surface area contributed by atoms with E-state index in [0.717, 1.165) is 5.57 Å². The highest BCUT2D eigenvalue weighted by molar-refractivity contribution is 5.95. The zero-order valence-electron chi connectivity index (χ0n) is 17.1. The van der Waals surface area contributed by atoms with Crippen LogP contribution in [-0.2, 0) is 19.4 Å². The maximum absolute atomic E-state index is 13.4. The van der Waals surface area contributed by atoms with Gasteiger partial charge in [-0.2, -0.15) is 4.89 Å². The maximum atomic E-state index is 13.4. The Hall–Kier alpha value is -1.54. The minimum Gasteiger partial charge on any atom is -0.392 e. The fourth-order valence-corrected chi connectivity index (χ4v) is 5.10. The fourth-order valence-electron chi connectivity index (χ4n) is 5.10. The van der Waals surface area contributed by atoms with Gasteiger partial charge in [0.15, 0.2) is 5.78 Å². The number of aliphatic hydroxyl groups excluding tert-OH is 2. The quantitative estimate of drug-likeness (QED) is 0.371. The van der Waals surface area contributed by atoms with Gasteiger partial charge in [-0.15, -0.1) is 0 Å². The first-order valence-corrected chi connectivity index (χ1v) is 9.73. The highest BCUT2D eigenvalue weighted by Crippen LogP contribution is 2.55. The standard InChI is InChI=1S/C21H30O7/c1-11-6-7-21(26)10-13-8-14(28-27-12(2)22)9-15(23)20(13,5)18(25)17(24)16(11)19(21,3)4/h10,14-15,17,23-24,26H,6-9H2,1-5H3/b13-10-/t14?,15-,17+,20-,21+/m0/s1. The van der Waals surface area contributed by atoms with Crippen molar-refractivity contribution in [1.29, 1.82) is 0 Å². The lowest BCUT2D eigenvalue weighted by Crippen LogP contribution is -2.59. The van der Waals surface area contributed by atoms with Gasteiger partial charge < -0.3 is 15.3 Å². The number of aliphatic hydroxyl groups is 3. The molecule has 7 heteroatoms. The number of rotatable bonds is 2. The van der Waals surface area contributed by atoms with Crippen molar-refractivity contribution in [2.75, 3.05) is 0 Å². The molecular weight excluding hydrogens is 364 g/mol. The van der Waals surface area contributed by atoms with Gasteiger partial charge >= 0.3 is 5.97 Å². The number of hydrogen-bond acceptors (Lipinski definition) is 7. The molecule has 28 heavy (non-hydrogen) atoms. The summed E-state index contributed by atoms with van der Waals surface area (Å²) in [4.78, 5) is 34.2. The second-order valence-corrected chi connectivity index (χ2v) is 9.13. The van der Waals surface area contributed by atoms with Crippen molar-refractivity contribution in [2.24, 2.45) is 10.8 Å². The van der Waals surface area contributed by atoms with Crippen molar-refractivity contribution in [3.63, 3.8) is 0 Å². The van der Waals surface area contributed by atoms with Gasteiger partial charge in [0.2, 0.25) is 0 Å². The molecule has 0 aromatic heterocycles. The molecule has 3 rings (SSSR count). The second kappa shape index (κ2) is 6.76. The molecule has 2 bridgehead atoms. The summed E-state index contributed by atoms with van der Waals surface area (Å²) >= 11 is 0. The number of carbonyl (C=O) groups excluding carboxylic acids is 2. The molecule has 3 N–H and O–H groups in total. The molecule has 0 heterocycles. The van der Waals surface area contributed by atoms with E-state index in [0.29, 0.717) is 24.0 Å². The van der Waals surface area contributed by atoms with Gasteiger partial charge in [-0.3, -0.25) is 9.68 Å². The Morgan fingerprint density at radius 2 is 1.89 bits per heavy atom. The van der Waals surface area contributed by atoms with E-state index in [1.54, 1.807) is 13.0 Å². The Labute approximate surface area is 165 Å². The molecular formula is C21H30O7. The summed E-state index contributed by atoms with van der Waals surface area (Å²) in [5.74, 6) is -1.10. The van der Waals surface area contributed by atoms with Crippen molar-refractivity contribution in [3.05, 3.63) is 22.8 Å². The molecule has 0 aromatic rings. The summed E-state index contributed by atoms with van der Waals surface area (Å²) in [6.07, 6.45) is -0.241. The third-order valence-electron chi connectivity index (χ3n) is 7.11. The van der Waals surface area contributed by atoms with Crippen LogP contribution in [0.5, 0.6) is 0 Å². The average Bonchev–Trinajstić information content (AvgIpc) is 2.59. The van der Waals surface area contributed by atoms with Crippen molar-refractivity contribution in [1.82, 2.24) is 0 Å². The Balaban J connectivity index is 2.14. The summed E-state index contributed by atoms with van der Waals surface area (Å²) in [6, 6.07) is 0. The zero-order valence-corrected chi connectivity index (χ0v) is 17.1. The molecule has 3 aliphatic rings. The molecule has 0 amide bonds. The molecule has 0 saturated heterocycles. The normalized spacial score (nSPS) is 42.1. The van der Waals surface area contributed by atoms with E-state index in [-0.39, 0.29) is 12.8 Å². The first-order valence-electron chi connectivity index (χ1n) is 9.73. The van der Waals surface area contributed by atoms with Gasteiger partial charge in [0.25, 0.3) is 0 Å². The fraction of sp³-hybridized carbons (Fsp3) is 0.714. The highest BCUT2D eigenvalue weighted by atomic mass is 17.2. The predicted molar refractivity (Wildman–Crippen MR) is 99.7 cm³/mol. The number of hydrogen-bond donors (Lipinski definition) is 3. The summed E-state index contributed by atoms with van der Waals surface area (Å²) in [5.41, 5.74) is -1.56. The van der Waals surface area contributed by atoms with E-state index in [1.807, 2.05) is 20.8 Å². The lowest BCUT2D eigenvalue weighted by Gasteiger charge is -2.53. The summed E-state index contributed by atoms with van der Waals surface area (Å²) in [6.45, 7) is 8.34. The SMILES string of the molecule is CC(=O)OOC1C/C2=C/[C@]3(O)CCC(C)=C([C@@H](O)C(=O)[C@]2(C)[C@@H](O)C1)C3(C)C. The zero-order chi connectivity index (χ0) is 21.1. The monoisotopic (exact) mass is 394 g/mol. The molecule has 0 radical (unpaired) electrons. The lowest BCUT2D eigenvalue weighted by atomic mass is 9.54. The van der Waals surface area contributed by atoms with Crippen molar-refractivity contribution < 1.29 is 34.7 Å². The van der Waals surface area contributed by atoms with Gasteiger partial charge in [0, 0.05) is 25.2 Å². The van der Waals surface area contributed by atoms with Crippen LogP contribution in [0.15, 0.2) is 22.8 Å². The smallest absolute Gasteiger partial charge is 0.339 e. The summed E-state index contributed by atoms with van der Waals surface area (Å²) < 4.78 is 0. The predicted octanol–water partition coefficient (Wildman–Crippen LogP) is 1.75. The second-order valence-electron chi connectivity index (χ2n) is 9.13. The molecule has 0 aliphatic heterocycles. The van der Waals surface area contributed by atoms with E-state index in [2.05, 4.69) is 4.89 Å². The maximum Gasteiger partial charge on any atom is 0.339 e. The van der Waals surface area contributed by atoms with E-state index in [1.165, 1.54) is 6.92 Å². The number of carbonyl (C=O) groups is 2. The van der Waals surface area contributed by atoms with Crippen molar-refractivity contribution in [3.8, 4) is 0 Å². The Kier molecular flexibility index (Phi) is 5.11. The van der Waals surface area contributed by atoms with Crippen molar-refractivity contribution in [2.45, 2.75) is 84.2 Å². The summed E-state index contributed by atoms with van der Waals surface area (Å²) in [7, 11) is 0. The summed E-state index contributed by atoms with van der Waals surface area (Å²) in [5, 5.41) is 33.4. The van der Waals surface area contributed by atoms with Crippen LogP contribution in [0.25, 0.3) is 0 Å². The minimum atomic E-state index is -1.41. The topological polar surface area (TPSA) is 113 Å². The van der Waals surface area contributed by atoms with E-state index >= 15 is 0 Å². The first kappa shape index (κ1) is 21.2.